The standard InChI is InChI=1S/C18H15ClFN/c19-17-11-14(20)8-9-16(17)18(21)10-13-6-3-5-12-4-1-2-7-15(12)13/h1-9,11,18H,10,21H2. The molecular weight excluding hydrogens is 285 g/mol. The summed E-state index contributed by atoms with van der Waals surface area (Å²) in [5, 5.41) is 2.75. The molecule has 0 spiro atoms. The summed E-state index contributed by atoms with van der Waals surface area (Å²) in [6.45, 7) is 0. The van der Waals surface area contributed by atoms with Crippen LogP contribution in [0.1, 0.15) is 17.2 Å². The van der Waals surface area contributed by atoms with Gasteiger partial charge in [0.25, 0.3) is 0 Å². The van der Waals surface area contributed by atoms with Crippen LogP contribution in [0.2, 0.25) is 5.02 Å². The number of rotatable bonds is 3. The Morgan fingerprint density at radius 2 is 1.76 bits per heavy atom. The van der Waals surface area contributed by atoms with Gasteiger partial charge in [-0.25, -0.2) is 4.39 Å². The Hall–Kier alpha value is -1.90. The van der Waals surface area contributed by atoms with Crippen LogP contribution >= 0.6 is 11.6 Å². The topological polar surface area (TPSA) is 26.0 Å². The van der Waals surface area contributed by atoms with E-state index in [0.29, 0.717) is 11.4 Å². The summed E-state index contributed by atoms with van der Waals surface area (Å²) in [6, 6.07) is 18.5. The Kier molecular flexibility index (Phi) is 3.91. The predicted molar refractivity (Wildman–Crippen MR) is 86.0 cm³/mol. The van der Waals surface area contributed by atoms with Gasteiger partial charge in [-0.15, -0.1) is 0 Å². The van der Waals surface area contributed by atoms with E-state index in [1.54, 1.807) is 6.07 Å². The lowest BCUT2D eigenvalue weighted by Crippen LogP contribution is -2.14. The molecule has 3 heteroatoms. The second kappa shape index (κ2) is 5.84. The van der Waals surface area contributed by atoms with Crippen LogP contribution in [0.4, 0.5) is 4.39 Å². The zero-order valence-corrected chi connectivity index (χ0v) is 12.1. The summed E-state index contributed by atoms with van der Waals surface area (Å²) in [6.07, 6.45) is 0.659. The van der Waals surface area contributed by atoms with Crippen molar-refractivity contribution < 1.29 is 4.39 Å². The smallest absolute Gasteiger partial charge is 0.124 e. The highest BCUT2D eigenvalue weighted by Crippen LogP contribution is 2.27. The van der Waals surface area contributed by atoms with Gasteiger partial charge >= 0.3 is 0 Å². The van der Waals surface area contributed by atoms with E-state index in [1.807, 2.05) is 18.2 Å². The van der Waals surface area contributed by atoms with Crippen molar-refractivity contribution in [2.45, 2.75) is 12.5 Å². The van der Waals surface area contributed by atoms with Gasteiger partial charge in [-0.1, -0.05) is 60.1 Å². The Morgan fingerprint density at radius 3 is 2.57 bits per heavy atom. The Balaban J connectivity index is 1.94. The van der Waals surface area contributed by atoms with E-state index in [-0.39, 0.29) is 11.9 Å². The first-order valence-electron chi connectivity index (χ1n) is 6.82. The van der Waals surface area contributed by atoms with Crippen molar-refractivity contribution in [3.05, 3.63) is 82.6 Å². The number of hydrogen-bond acceptors (Lipinski definition) is 1. The van der Waals surface area contributed by atoms with E-state index < -0.39 is 0 Å². The molecule has 0 amide bonds. The minimum absolute atomic E-state index is 0.260. The molecule has 106 valence electrons. The van der Waals surface area contributed by atoms with E-state index in [4.69, 9.17) is 17.3 Å². The molecule has 0 aliphatic heterocycles. The van der Waals surface area contributed by atoms with Gasteiger partial charge in [-0.3, -0.25) is 0 Å². The molecule has 0 saturated carbocycles. The van der Waals surface area contributed by atoms with Crippen LogP contribution in [-0.4, -0.2) is 0 Å². The molecular formula is C18H15ClFN. The van der Waals surface area contributed by atoms with Gasteiger partial charge in [-0.05, 0) is 40.5 Å². The monoisotopic (exact) mass is 299 g/mol. The first-order valence-corrected chi connectivity index (χ1v) is 7.20. The van der Waals surface area contributed by atoms with Gasteiger partial charge in [0, 0.05) is 11.1 Å². The van der Waals surface area contributed by atoms with E-state index >= 15 is 0 Å². The Labute approximate surface area is 128 Å². The van der Waals surface area contributed by atoms with Crippen molar-refractivity contribution in [1.82, 2.24) is 0 Å². The van der Waals surface area contributed by atoms with Crippen molar-refractivity contribution >= 4 is 22.4 Å². The number of fused-ring (bicyclic) bond motifs is 1. The number of nitrogens with two attached hydrogens (primary N) is 1. The van der Waals surface area contributed by atoms with Gasteiger partial charge in [0.1, 0.15) is 5.82 Å². The third kappa shape index (κ3) is 2.92. The van der Waals surface area contributed by atoms with E-state index in [9.17, 15) is 4.39 Å². The van der Waals surface area contributed by atoms with Gasteiger partial charge in [0.2, 0.25) is 0 Å². The first kappa shape index (κ1) is 14.1. The fourth-order valence-electron chi connectivity index (χ4n) is 2.62. The lowest BCUT2D eigenvalue weighted by molar-refractivity contribution is 0.624. The number of benzene rings is 3. The van der Waals surface area contributed by atoms with Gasteiger partial charge in [0.05, 0.1) is 0 Å². The van der Waals surface area contributed by atoms with Crippen LogP contribution in [0.3, 0.4) is 0 Å². The molecule has 3 aromatic rings. The van der Waals surface area contributed by atoms with Crippen LogP contribution in [0.15, 0.2) is 60.7 Å². The summed E-state index contributed by atoms with van der Waals surface area (Å²) in [5.41, 5.74) is 8.20. The summed E-state index contributed by atoms with van der Waals surface area (Å²) >= 11 is 6.09. The maximum atomic E-state index is 13.1. The molecule has 1 nitrogen and oxygen atoms in total. The SMILES string of the molecule is NC(Cc1cccc2ccccc12)c1ccc(F)cc1Cl. The highest BCUT2D eigenvalue weighted by atomic mass is 35.5. The van der Waals surface area contributed by atoms with Crippen molar-refractivity contribution in [2.24, 2.45) is 5.73 Å². The Bertz CT molecular complexity index is 780. The van der Waals surface area contributed by atoms with Crippen molar-refractivity contribution in [3.8, 4) is 0 Å². The molecule has 0 saturated heterocycles. The molecule has 0 aromatic heterocycles. The van der Waals surface area contributed by atoms with Crippen LogP contribution in [-0.2, 0) is 6.42 Å². The number of halogens is 2. The third-order valence-corrected chi connectivity index (χ3v) is 4.01. The fourth-order valence-corrected chi connectivity index (χ4v) is 2.93. The zero-order valence-electron chi connectivity index (χ0n) is 11.4. The maximum Gasteiger partial charge on any atom is 0.124 e. The molecule has 3 aromatic carbocycles. The van der Waals surface area contributed by atoms with Crippen molar-refractivity contribution in [3.63, 3.8) is 0 Å². The van der Waals surface area contributed by atoms with Gasteiger partial charge in [-0.2, -0.15) is 0 Å². The Morgan fingerprint density at radius 1 is 1.00 bits per heavy atom. The van der Waals surface area contributed by atoms with Crippen molar-refractivity contribution in [2.75, 3.05) is 0 Å². The highest BCUT2D eigenvalue weighted by molar-refractivity contribution is 6.31. The third-order valence-electron chi connectivity index (χ3n) is 3.68. The minimum atomic E-state index is -0.346. The highest BCUT2D eigenvalue weighted by Gasteiger charge is 2.13. The molecule has 0 fully saturated rings. The molecule has 3 rings (SSSR count). The molecule has 0 heterocycles. The van der Waals surface area contributed by atoms with Crippen LogP contribution in [0.25, 0.3) is 10.8 Å². The lowest BCUT2D eigenvalue weighted by Gasteiger charge is -2.15. The van der Waals surface area contributed by atoms with Crippen LogP contribution in [0.5, 0.6) is 0 Å². The molecule has 0 bridgehead atoms. The molecule has 2 N–H and O–H groups in total. The second-order valence-electron chi connectivity index (χ2n) is 5.11. The average molecular weight is 300 g/mol. The van der Waals surface area contributed by atoms with Gasteiger partial charge < -0.3 is 5.73 Å². The van der Waals surface area contributed by atoms with Gasteiger partial charge in [0.15, 0.2) is 0 Å². The van der Waals surface area contributed by atoms with Crippen molar-refractivity contribution in [1.29, 1.82) is 0 Å². The summed E-state index contributed by atoms with van der Waals surface area (Å²) < 4.78 is 13.1. The normalized spacial score (nSPS) is 12.5. The van der Waals surface area contributed by atoms with Crippen LogP contribution in [0, 0.1) is 5.82 Å². The summed E-state index contributed by atoms with van der Waals surface area (Å²) in [5.74, 6) is -0.346. The summed E-state index contributed by atoms with van der Waals surface area (Å²) in [4.78, 5) is 0. The lowest BCUT2D eigenvalue weighted by atomic mass is 9.95. The fraction of sp³-hybridized carbons (Fsp3) is 0.111. The minimum Gasteiger partial charge on any atom is -0.324 e. The number of hydrogen-bond donors (Lipinski definition) is 1. The van der Waals surface area contributed by atoms with E-state index in [2.05, 4.69) is 24.3 Å². The molecule has 1 atom stereocenters. The quantitative estimate of drug-likeness (QED) is 0.733. The summed E-state index contributed by atoms with van der Waals surface area (Å²) in [7, 11) is 0. The van der Waals surface area contributed by atoms with E-state index in [1.165, 1.54) is 28.5 Å². The molecule has 1 unspecified atom stereocenters. The zero-order chi connectivity index (χ0) is 14.8. The second-order valence-corrected chi connectivity index (χ2v) is 5.52. The van der Waals surface area contributed by atoms with E-state index in [0.717, 1.165) is 5.56 Å². The molecule has 0 radical (unpaired) electrons. The first-order chi connectivity index (χ1) is 10.1. The molecule has 0 aliphatic carbocycles. The maximum absolute atomic E-state index is 13.1. The van der Waals surface area contributed by atoms with Crippen LogP contribution < -0.4 is 5.73 Å². The predicted octanol–water partition coefficient (Wildman–Crippen LogP) is 4.87. The molecule has 0 aliphatic rings. The molecule has 21 heavy (non-hydrogen) atoms. The largest absolute Gasteiger partial charge is 0.324 e. The average Bonchev–Trinajstić information content (AvgIpc) is 2.47.